The van der Waals surface area contributed by atoms with Crippen molar-refractivity contribution in [3.63, 3.8) is 0 Å². The molecule has 2 amide bonds. The van der Waals surface area contributed by atoms with Gasteiger partial charge in [0.25, 0.3) is 5.91 Å². The lowest BCUT2D eigenvalue weighted by Crippen LogP contribution is -2.29. The van der Waals surface area contributed by atoms with Crippen LogP contribution in [0.2, 0.25) is 0 Å². The van der Waals surface area contributed by atoms with Gasteiger partial charge in [0.1, 0.15) is 0 Å². The minimum atomic E-state index is -0.871. The molecule has 0 fully saturated rings. The number of oxime groups is 1. The quantitative estimate of drug-likeness (QED) is 0.295. The van der Waals surface area contributed by atoms with Crippen LogP contribution in [-0.4, -0.2) is 40.2 Å². The number of carbonyl (C=O) groups is 2. The van der Waals surface area contributed by atoms with Gasteiger partial charge in [-0.25, -0.2) is 0 Å². The first kappa shape index (κ1) is 19.1. The van der Waals surface area contributed by atoms with Crippen molar-refractivity contribution in [3.8, 4) is 0 Å². The van der Waals surface area contributed by atoms with Gasteiger partial charge < -0.3 is 15.8 Å². The second kappa shape index (κ2) is 8.24. The zero-order chi connectivity index (χ0) is 19.3. The number of benzene rings is 1. The Morgan fingerprint density at radius 1 is 1.54 bits per heavy atom. The molecule has 0 aliphatic carbocycles. The van der Waals surface area contributed by atoms with E-state index in [1.165, 1.54) is 6.08 Å². The van der Waals surface area contributed by atoms with Gasteiger partial charge >= 0.3 is 0 Å². The number of rotatable bonds is 7. The van der Waals surface area contributed by atoms with E-state index in [0.717, 1.165) is 5.56 Å². The predicted octanol–water partition coefficient (Wildman–Crippen LogP) is 1.74. The molecule has 1 aliphatic rings. The van der Waals surface area contributed by atoms with Gasteiger partial charge in [-0.15, -0.1) is 0 Å². The number of anilines is 1. The molecule has 9 nitrogen and oxygen atoms in total. The number of nitrogens with one attached hydrogen (secondary N) is 2. The van der Waals surface area contributed by atoms with Gasteiger partial charge in [-0.2, -0.15) is 0 Å². The topological polar surface area (TPSA) is 134 Å². The van der Waals surface area contributed by atoms with E-state index in [1.807, 2.05) is 0 Å². The molecule has 26 heavy (non-hydrogen) atoms. The van der Waals surface area contributed by atoms with E-state index in [9.17, 15) is 19.7 Å². The second-order valence-electron chi connectivity index (χ2n) is 5.97. The van der Waals surface area contributed by atoms with E-state index in [4.69, 9.17) is 5.21 Å². The molecule has 3 N–H and O–H groups in total. The van der Waals surface area contributed by atoms with Crippen molar-refractivity contribution < 1.29 is 19.7 Å². The van der Waals surface area contributed by atoms with Crippen molar-refractivity contribution in [1.82, 2.24) is 5.32 Å². The smallest absolute Gasteiger partial charge is 0.251 e. The van der Waals surface area contributed by atoms with Crippen molar-refractivity contribution >= 4 is 23.2 Å². The van der Waals surface area contributed by atoms with Gasteiger partial charge in [0.2, 0.25) is 11.9 Å². The van der Waals surface area contributed by atoms with Crippen LogP contribution in [0.3, 0.4) is 0 Å². The van der Waals surface area contributed by atoms with E-state index in [2.05, 4.69) is 15.8 Å². The number of carbonyl (C=O) groups excluding carboxylic acids is 2. The lowest BCUT2D eigenvalue weighted by atomic mass is 10.1. The van der Waals surface area contributed by atoms with Crippen molar-refractivity contribution in [1.29, 1.82) is 0 Å². The number of nitrogens with zero attached hydrogens (tertiary/aromatic N) is 2. The first-order valence-corrected chi connectivity index (χ1v) is 8.09. The maximum absolute atomic E-state index is 12.2. The third kappa shape index (κ3) is 4.44. The number of nitro groups is 1. The molecule has 0 bridgehead atoms. The standard InChI is InChI=1S/C17H20N4O5/c1-3-15(21(25)26)10(2)6-13(20-24)9-18-17(23)11-4-5-14-12(7-11)8-16(22)19-14/h4-7,15,24H,3,8-9H2,1-2H3,(H,18,23)(H,19,22)/b10-6+,20-13+. The SMILES string of the molecule is CCC(/C(C)=C/C(CNC(=O)c1ccc2c(c1)CC(=O)N2)=N\O)[N+](=O)[O-]. The summed E-state index contributed by atoms with van der Waals surface area (Å²) in [6, 6.07) is 3.99. The largest absolute Gasteiger partial charge is 0.411 e. The number of amides is 2. The Hall–Kier alpha value is -3.23. The Kier molecular flexibility index (Phi) is 6.05. The first-order valence-electron chi connectivity index (χ1n) is 8.09. The molecule has 1 unspecified atom stereocenters. The molecular formula is C17H20N4O5. The Balaban J connectivity index is 2.02. The summed E-state index contributed by atoms with van der Waals surface area (Å²) >= 11 is 0. The zero-order valence-electron chi connectivity index (χ0n) is 14.5. The second-order valence-corrected chi connectivity index (χ2v) is 5.97. The Morgan fingerprint density at radius 2 is 2.27 bits per heavy atom. The summed E-state index contributed by atoms with van der Waals surface area (Å²) in [6.07, 6.45) is 1.92. The maximum Gasteiger partial charge on any atom is 0.251 e. The first-order chi connectivity index (χ1) is 12.3. The van der Waals surface area contributed by atoms with Crippen LogP contribution in [0.25, 0.3) is 0 Å². The molecule has 1 aromatic rings. The van der Waals surface area contributed by atoms with Crippen LogP contribution < -0.4 is 10.6 Å². The minimum Gasteiger partial charge on any atom is -0.411 e. The normalized spacial score (nSPS) is 15.2. The van der Waals surface area contributed by atoms with Crippen molar-refractivity contribution in [2.24, 2.45) is 5.16 Å². The summed E-state index contributed by atoms with van der Waals surface area (Å²) in [4.78, 5) is 34.2. The maximum atomic E-state index is 12.2. The molecule has 1 atom stereocenters. The van der Waals surface area contributed by atoms with Gasteiger partial charge in [0.05, 0.1) is 18.7 Å². The van der Waals surface area contributed by atoms with Crippen molar-refractivity contribution in [2.45, 2.75) is 32.7 Å². The molecule has 9 heteroatoms. The molecular weight excluding hydrogens is 340 g/mol. The van der Waals surface area contributed by atoms with Crippen molar-refractivity contribution in [2.75, 3.05) is 11.9 Å². The lowest BCUT2D eigenvalue weighted by molar-refractivity contribution is -0.512. The van der Waals surface area contributed by atoms with Crippen LogP contribution in [0.5, 0.6) is 0 Å². The predicted molar refractivity (Wildman–Crippen MR) is 95.2 cm³/mol. The van der Waals surface area contributed by atoms with Gasteiger partial charge in [0, 0.05) is 28.2 Å². The Bertz CT molecular complexity index is 800. The molecule has 1 aromatic carbocycles. The molecule has 0 radical (unpaired) electrons. The molecule has 0 aromatic heterocycles. The molecule has 1 aliphatic heterocycles. The zero-order valence-corrected chi connectivity index (χ0v) is 14.5. The van der Waals surface area contributed by atoms with E-state index in [0.29, 0.717) is 23.2 Å². The summed E-state index contributed by atoms with van der Waals surface area (Å²) < 4.78 is 0. The monoisotopic (exact) mass is 360 g/mol. The summed E-state index contributed by atoms with van der Waals surface area (Å²) in [5.74, 6) is -0.523. The Morgan fingerprint density at radius 3 is 2.88 bits per heavy atom. The third-order valence-electron chi connectivity index (χ3n) is 4.11. The number of fused-ring (bicyclic) bond motifs is 1. The lowest BCUT2D eigenvalue weighted by Gasteiger charge is -2.09. The summed E-state index contributed by atoms with van der Waals surface area (Å²) in [5.41, 5.74) is 2.34. The fourth-order valence-electron chi connectivity index (χ4n) is 2.75. The fourth-order valence-corrected chi connectivity index (χ4v) is 2.75. The Labute approximate surface area is 149 Å². The average Bonchev–Trinajstić information content (AvgIpc) is 2.97. The highest BCUT2D eigenvalue weighted by molar-refractivity contribution is 6.03. The van der Waals surface area contributed by atoms with Gasteiger partial charge in [-0.3, -0.25) is 19.7 Å². The minimum absolute atomic E-state index is 0.0882. The number of hydrogen-bond acceptors (Lipinski definition) is 6. The van der Waals surface area contributed by atoms with Crippen LogP contribution >= 0.6 is 0 Å². The highest BCUT2D eigenvalue weighted by atomic mass is 16.6. The van der Waals surface area contributed by atoms with E-state index < -0.39 is 16.9 Å². The van der Waals surface area contributed by atoms with Crippen LogP contribution in [0.15, 0.2) is 35.0 Å². The molecule has 2 rings (SSSR count). The van der Waals surface area contributed by atoms with Gasteiger partial charge in [-0.1, -0.05) is 12.1 Å². The van der Waals surface area contributed by atoms with Crippen LogP contribution in [0, 0.1) is 10.1 Å². The third-order valence-corrected chi connectivity index (χ3v) is 4.11. The van der Waals surface area contributed by atoms with Gasteiger partial charge in [-0.05, 0) is 36.8 Å². The van der Waals surface area contributed by atoms with Crippen LogP contribution in [0.4, 0.5) is 5.69 Å². The number of hydrogen-bond donors (Lipinski definition) is 3. The molecule has 138 valence electrons. The highest BCUT2D eigenvalue weighted by Gasteiger charge is 2.21. The molecule has 1 heterocycles. The molecule has 0 saturated carbocycles. The summed E-state index contributed by atoms with van der Waals surface area (Å²) in [7, 11) is 0. The van der Waals surface area contributed by atoms with Crippen LogP contribution in [0.1, 0.15) is 36.2 Å². The summed E-state index contributed by atoms with van der Waals surface area (Å²) in [6.45, 7) is 3.18. The van der Waals surface area contributed by atoms with E-state index in [1.54, 1.807) is 32.0 Å². The van der Waals surface area contributed by atoms with Crippen molar-refractivity contribution in [3.05, 3.63) is 51.1 Å². The molecule has 0 saturated heterocycles. The molecule has 0 spiro atoms. The summed E-state index contributed by atoms with van der Waals surface area (Å²) in [5, 5.41) is 28.4. The van der Waals surface area contributed by atoms with E-state index >= 15 is 0 Å². The fraction of sp³-hybridized carbons (Fsp3) is 0.353. The van der Waals surface area contributed by atoms with E-state index in [-0.39, 0.29) is 24.6 Å². The van der Waals surface area contributed by atoms with Crippen LogP contribution in [-0.2, 0) is 11.2 Å². The highest BCUT2D eigenvalue weighted by Crippen LogP contribution is 2.23. The van der Waals surface area contributed by atoms with Gasteiger partial charge in [0.15, 0.2) is 0 Å². The average molecular weight is 360 g/mol.